The second-order valence-corrected chi connectivity index (χ2v) is 5.14. The Bertz CT molecular complexity index is 662. The topological polar surface area (TPSA) is 119 Å². The number of halogens is 2. The van der Waals surface area contributed by atoms with Crippen LogP contribution in [0.3, 0.4) is 0 Å². The van der Waals surface area contributed by atoms with Gasteiger partial charge in [-0.2, -0.15) is 10.2 Å². The Labute approximate surface area is 124 Å². The Hall–Kier alpha value is -1.68. The van der Waals surface area contributed by atoms with Gasteiger partial charge in [-0.3, -0.25) is 19.4 Å². The van der Waals surface area contributed by atoms with Crippen LogP contribution < -0.4 is 11.1 Å². The Morgan fingerprint density at radius 1 is 1.47 bits per heavy atom. The van der Waals surface area contributed by atoms with E-state index in [-0.39, 0.29) is 17.1 Å². The van der Waals surface area contributed by atoms with Crippen molar-refractivity contribution in [2.75, 3.05) is 5.32 Å². The number of nitrogens with two attached hydrogens (primary N) is 1. The van der Waals surface area contributed by atoms with Crippen LogP contribution in [0.15, 0.2) is 15.3 Å². The van der Waals surface area contributed by atoms with Crippen LogP contribution in [0.25, 0.3) is 0 Å². The van der Waals surface area contributed by atoms with Crippen molar-refractivity contribution in [3.8, 4) is 0 Å². The van der Waals surface area contributed by atoms with E-state index in [9.17, 15) is 9.59 Å². The van der Waals surface area contributed by atoms with E-state index in [0.29, 0.717) is 9.08 Å². The standard InChI is InChI=1S/C9H8Br2N6O2/c1-17-6(8(12)18)3(2-13-17)14-9(19)5-4(10)7(11)16-15-5/h2H,1H3,(H2,12,18)(H,14,19)(H,15,16). The minimum Gasteiger partial charge on any atom is -0.364 e. The Morgan fingerprint density at radius 2 is 2.16 bits per heavy atom. The average Bonchev–Trinajstić information content (AvgIpc) is 2.84. The van der Waals surface area contributed by atoms with Gasteiger partial charge in [-0.25, -0.2) is 0 Å². The Kier molecular flexibility index (Phi) is 3.71. The first-order valence-corrected chi connectivity index (χ1v) is 6.53. The maximum atomic E-state index is 12.0. The van der Waals surface area contributed by atoms with Gasteiger partial charge in [-0.05, 0) is 31.9 Å². The molecule has 0 atom stereocenters. The van der Waals surface area contributed by atoms with Gasteiger partial charge in [0.1, 0.15) is 10.3 Å². The molecule has 0 aliphatic heterocycles. The Balaban J connectivity index is 2.30. The molecule has 2 amide bonds. The minimum absolute atomic E-state index is 0.110. The highest BCUT2D eigenvalue weighted by Crippen LogP contribution is 2.25. The molecule has 0 fully saturated rings. The smallest absolute Gasteiger partial charge is 0.277 e. The van der Waals surface area contributed by atoms with Crippen molar-refractivity contribution >= 4 is 49.4 Å². The monoisotopic (exact) mass is 390 g/mol. The molecule has 2 aromatic rings. The number of primary amides is 1. The van der Waals surface area contributed by atoms with E-state index in [4.69, 9.17) is 5.73 Å². The van der Waals surface area contributed by atoms with Crippen molar-refractivity contribution in [1.29, 1.82) is 0 Å². The number of aryl methyl sites for hydroxylation is 1. The molecular weight excluding hydrogens is 384 g/mol. The van der Waals surface area contributed by atoms with Crippen molar-refractivity contribution in [2.24, 2.45) is 12.8 Å². The zero-order chi connectivity index (χ0) is 14.2. The predicted molar refractivity (Wildman–Crippen MR) is 73.7 cm³/mol. The molecule has 0 unspecified atom stereocenters. The number of nitrogens with one attached hydrogen (secondary N) is 2. The predicted octanol–water partition coefficient (Wildman–Crippen LogP) is 1.02. The summed E-state index contributed by atoms with van der Waals surface area (Å²) in [5, 5.41) is 12.8. The average molecular weight is 392 g/mol. The van der Waals surface area contributed by atoms with Crippen LogP contribution in [0.2, 0.25) is 0 Å². The van der Waals surface area contributed by atoms with E-state index in [1.165, 1.54) is 10.9 Å². The SMILES string of the molecule is Cn1ncc(NC(=O)c2n[nH]c(Br)c2Br)c1C(N)=O. The molecule has 0 radical (unpaired) electrons. The number of aromatic amines is 1. The summed E-state index contributed by atoms with van der Waals surface area (Å²) in [4.78, 5) is 23.3. The highest BCUT2D eigenvalue weighted by molar-refractivity contribution is 9.13. The number of anilines is 1. The second-order valence-electron chi connectivity index (χ2n) is 3.55. The summed E-state index contributed by atoms with van der Waals surface area (Å²) >= 11 is 6.38. The summed E-state index contributed by atoms with van der Waals surface area (Å²) in [7, 11) is 1.55. The van der Waals surface area contributed by atoms with E-state index >= 15 is 0 Å². The lowest BCUT2D eigenvalue weighted by atomic mass is 10.3. The number of carbonyl (C=O) groups excluding carboxylic acids is 2. The first-order chi connectivity index (χ1) is 8.91. The number of hydrogen-bond acceptors (Lipinski definition) is 4. The van der Waals surface area contributed by atoms with Gasteiger partial charge in [-0.1, -0.05) is 0 Å². The van der Waals surface area contributed by atoms with Gasteiger partial charge in [0.15, 0.2) is 5.69 Å². The van der Waals surface area contributed by atoms with E-state index in [1.54, 1.807) is 7.05 Å². The van der Waals surface area contributed by atoms with Gasteiger partial charge < -0.3 is 11.1 Å². The molecule has 2 rings (SSSR count). The number of aromatic nitrogens is 4. The van der Waals surface area contributed by atoms with Crippen molar-refractivity contribution in [2.45, 2.75) is 0 Å². The van der Waals surface area contributed by atoms with E-state index in [2.05, 4.69) is 52.5 Å². The van der Waals surface area contributed by atoms with Gasteiger partial charge in [0.2, 0.25) is 0 Å². The molecule has 0 aliphatic carbocycles. The van der Waals surface area contributed by atoms with Gasteiger partial charge in [-0.15, -0.1) is 0 Å². The number of nitrogens with zero attached hydrogens (tertiary/aromatic N) is 3. The van der Waals surface area contributed by atoms with Gasteiger partial charge >= 0.3 is 0 Å². The maximum absolute atomic E-state index is 12.0. The molecule has 100 valence electrons. The molecule has 0 aromatic carbocycles. The molecular formula is C9H8Br2N6O2. The van der Waals surface area contributed by atoms with Gasteiger partial charge in [0, 0.05) is 7.05 Å². The van der Waals surface area contributed by atoms with E-state index in [0.717, 1.165) is 0 Å². The highest BCUT2D eigenvalue weighted by atomic mass is 79.9. The lowest BCUT2D eigenvalue weighted by Crippen LogP contribution is -2.20. The van der Waals surface area contributed by atoms with Crippen LogP contribution in [-0.4, -0.2) is 31.8 Å². The summed E-state index contributed by atoms with van der Waals surface area (Å²) < 4.78 is 2.31. The van der Waals surface area contributed by atoms with E-state index < -0.39 is 11.8 Å². The zero-order valence-corrected chi connectivity index (χ0v) is 12.7. The number of H-pyrrole nitrogens is 1. The molecule has 0 saturated carbocycles. The summed E-state index contributed by atoms with van der Waals surface area (Å²) in [6.07, 6.45) is 1.34. The molecule has 0 bridgehead atoms. The van der Waals surface area contributed by atoms with E-state index in [1.807, 2.05) is 0 Å². The number of hydrogen-bond donors (Lipinski definition) is 3. The summed E-state index contributed by atoms with van der Waals surface area (Å²) in [5.41, 5.74) is 5.70. The Morgan fingerprint density at radius 3 is 2.68 bits per heavy atom. The molecule has 0 aliphatic rings. The third kappa shape index (κ3) is 2.54. The van der Waals surface area contributed by atoms with Crippen molar-refractivity contribution < 1.29 is 9.59 Å². The van der Waals surface area contributed by atoms with Crippen molar-refractivity contribution in [3.05, 3.63) is 26.7 Å². The fourth-order valence-electron chi connectivity index (χ4n) is 1.46. The lowest BCUT2D eigenvalue weighted by molar-refractivity contribution is 0.0992. The van der Waals surface area contributed by atoms with Crippen LogP contribution in [0, 0.1) is 0 Å². The number of carbonyl (C=O) groups is 2. The van der Waals surface area contributed by atoms with Crippen LogP contribution in [-0.2, 0) is 7.05 Å². The van der Waals surface area contributed by atoms with Crippen LogP contribution in [0.5, 0.6) is 0 Å². The molecule has 10 heteroatoms. The molecule has 2 aromatic heterocycles. The van der Waals surface area contributed by atoms with Crippen molar-refractivity contribution in [3.63, 3.8) is 0 Å². The molecule has 8 nitrogen and oxygen atoms in total. The minimum atomic E-state index is -0.683. The summed E-state index contributed by atoms with van der Waals surface area (Å²) in [6, 6.07) is 0. The lowest BCUT2D eigenvalue weighted by Gasteiger charge is -2.03. The first kappa shape index (κ1) is 13.7. The molecule has 0 saturated heterocycles. The third-order valence-electron chi connectivity index (χ3n) is 2.30. The molecule has 19 heavy (non-hydrogen) atoms. The quantitative estimate of drug-likeness (QED) is 0.723. The number of rotatable bonds is 3. The van der Waals surface area contributed by atoms with Crippen LogP contribution in [0.4, 0.5) is 5.69 Å². The molecule has 2 heterocycles. The second kappa shape index (κ2) is 5.13. The molecule has 0 spiro atoms. The summed E-state index contributed by atoms with van der Waals surface area (Å²) in [5.74, 6) is -1.18. The van der Waals surface area contributed by atoms with Crippen molar-refractivity contribution in [1.82, 2.24) is 20.0 Å². The normalized spacial score (nSPS) is 10.5. The van der Waals surface area contributed by atoms with Gasteiger partial charge in [0.25, 0.3) is 11.8 Å². The first-order valence-electron chi connectivity index (χ1n) is 4.94. The highest BCUT2D eigenvalue weighted by Gasteiger charge is 2.20. The van der Waals surface area contributed by atoms with Gasteiger partial charge in [0.05, 0.1) is 16.4 Å². The zero-order valence-electron chi connectivity index (χ0n) is 9.57. The third-order valence-corrected chi connectivity index (χ3v) is 4.18. The largest absolute Gasteiger partial charge is 0.364 e. The fourth-order valence-corrected chi connectivity index (χ4v) is 2.09. The maximum Gasteiger partial charge on any atom is 0.277 e. The summed E-state index contributed by atoms with van der Waals surface area (Å²) in [6.45, 7) is 0. The van der Waals surface area contributed by atoms with Crippen LogP contribution in [0.1, 0.15) is 21.0 Å². The van der Waals surface area contributed by atoms with Crippen LogP contribution >= 0.6 is 31.9 Å². The number of amides is 2. The fraction of sp³-hybridized carbons (Fsp3) is 0.111. The molecule has 4 N–H and O–H groups in total.